The summed E-state index contributed by atoms with van der Waals surface area (Å²) < 4.78 is 0. The lowest BCUT2D eigenvalue weighted by Gasteiger charge is -2.28. The molecule has 6 heteroatoms. The Morgan fingerprint density at radius 2 is 1.92 bits per heavy atom. The van der Waals surface area contributed by atoms with Crippen LogP contribution in [0, 0.1) is 0 Å². The van der Waals surface area contributed by atoms with E-state index < -0.39 is 6.04 Å². The Kier molecular flexibility index (Phi) is 4.55. The number of carbonyl (C=O) groups is 3. The van der Waals surface area contributed by atoms with E-state index in [0.29, 0.717) is 37.3 Å². The maximum atomic E-state index is 13.0. The van der Waals surface area contributed by atoms with Gasteiger partial charge < -0.3 is 14.7 Å². The number of likely N-dealkylation sites (N-methyl/N-ethyl adjacent to an activating group) is 1. The molecule has 0 bridgehead atoms. The van der Waals surface area contributed by atoms with Crippen molar-refractivity contribution in [1.82, 2.24) is 9.80 Å². The first kappa shape index (κ1) is 16.5. The first-order valence-electron chi connectivity index (χ1n) is 8.57. The van der Waals surface area contributed by atoms with Crippen LogP contribution < -0.4 is 4.90 Å². The highest BCUT2D eigenvalue weighted by molar-refractivity contribution is 6.12. The molecule has 6 nitrogen and oxygen atoms in total. The second-order valence-corrected chi connectivity index (χ2v) is 6.16. The second kappa shape index (κ2) is 6.63. The lowest BCUT2D eigenvalue weighted by molar-refractivity contribution is -0.131. The van der Waals surface area contributed by atoms with Gasteiger partial charge >= 0.3 is 0 Å². The molecule has 1 saturated heterocycles. The molecule has 0 N–H and O–H groups in total. The van der Waals surface area contributed by atoms with Gasteiger partial charge in [-0.05, 0) is 38.8 Å². The molecule has 2 aliphatic heterocycles. The van der Waals surface area contributed by atoms with Gasteiger partial charge in [0.25, 0.3) is 5.91 Å². The van der Waals surface area contributed by atoms with Gasteiger partial charge in [-0.3, -0.25) is 14.4 Å². The number of anilines is 1. The van der Waals surface area contributed by atoms with Crippen molar-refractivity contribution in [3.63, 3.8) is 0 Å². The molecule has 1 fully saturated rings. The van der Waals surface area contributed by atoms with Crippen LogP contribution in [0.3, 0.4) is 0 Å². The van der Waals surface area contributed by atoms with Crippen molar-refractivity contribution < 1.29 is 14.4 Å². The molecule has 2 heterocycles. The standard InChI is InChI=1S/C18H23N3O3/c1-3-19(4-2)16(22)12-21-14-9-6-5-8-13(14)17(23)20-11-7-10-15(20)18(21)24/h5-6,8-9,15H,3-4,7,10-12H2,1-2H3. The van der Waals surface area contributed by atoms with Crippen molar-refractivity contribution in [3.8, 4) is 0 Å². The van der Waals surface area contributed by atoms with E-state index in [4.69, 9.17) is 0 Å². The number of para-hydroxylation sites is 1. The van der Waals surface area contributed by atoms with Crippen molar-refractivity contribution in [2.45, 2.75) is 32.7 Å². The number of nitrogens with zero attached hydrogens (tertiary/aromatic N) is 3. The molecule has 128 valence electrons. The highest BCUT2D eigenvalue weighted by Gasteiger charge is 2.42. The largest absolute Gasteiger partial charge is 0.342 e. The summed E-state index contributed by atoms with van der Waals surface area (Å²) in [5.41, 5.74) is 1.05. The third-order valence-electron chi connectivity index (χ3n) is 4.90. The lowest BCUT2D eigenvalue weighted by Crippen LogP contribution is -2.48. The molecule has 1 aromatic rings. The topological polar surface area (TPSA) is 60.9 Å². The number of amides is 3. The van der Waals surface area contributed by atoms with Gasteiger partial charge in [-0.15, -0.1) is 0 Å². The zero-order valence-corrected chi connectivity index (χ0v) is 14.2. The molecule has 1 unspecified atom stereocenters. The van der Waals surface area contributed by atoms with E-state index in [1.165, 1.54) is 4.90 Å². The highest BCUT2D eigenvalue weighted by atomic mass is 16.2. The van der Waals surface area contributed by atoms with E-state index in [9.17, 15) is 14.4 Å². The average Bonchev–Trinajstić information content (AvgIpc) is 3.06. The van der Waals surface area contributed by atoms with Crippen LogP contribution in [0.1, 0.15) is 37.0 Å². The number of carbonyl (C=O) groups excluding carboxylic acids is 3. The Bertz CT molecular complexity index is 669. The number of hydrogen-bond donors (Lipinski definition) is 0. The first-order chi connectivity index (χ1) is 11.6. The SMILES string of the molecule is CCN(CC)C(=O)CN1C(=O)C2CCCN2C(=O)c2ccccc21. The summed E-state index contributed by atoms with van der Waals surface area (Å²) in [5.74, 6) is -0.354. The number of rotatable bonds is 4. The Hall–Kier alpha value is -2.37. The van der Waals surface area contributed by atoms with E-state index in [1.54, 1.807) is 34.1 Å². The molecule has 0 saturated carbocycles. The highest BCUT2D eigenvalue weighted by Crippen LogP contribution is 2.32. The van der Waals surface area contributed by atoms with Gasteiger partial charge in [0.1, 0.15) is 12.6 Å². The number of hydrogen-bond acceptors (Lipinski definition) is 3. The van der Waals surface area contributed by atoms with E-state index in [-0.39, 0.29) is 24.3 Å². The van der Waals surface area contributed by atoms with Gasteiger partial charge in [-0.1, -0.05) is 12.1 Å². The molecule has 0 aliphatic carbocycles. The summed E-state index contributed by atoms with van der Waals surface area (Å²) in [6.07, 6.45) is 1.48. The minimum atomic E-state index is -0.450. The Labute approximate surface area is 142 Å². The molecular formula is C18H23N3O3. The summed E-state index contributed by atoms with van der Waals surface area (Å²) in [5, 5.41) is 0. The fraction of sp³-hybridized carbons (Fsp3) is 0.500. The minimum Gasteiger partial charge on any atom is -0.342 e. The fourth-order valence-corrected chi connectivity index (χ4v) is 3.58. The predicted molar refractivity (Wildman–Crippen MR) is 90.8 cm³/mol. The molecule has 1 aromatic carbocycles. The van der Waals surface area contributed by atoms with E-state index in [2.05, 4.69) is 0 Å². The lowest BCUT2D eigenvalue weighted by atomic mass is 10.1. The van der Waals surface area contributed by atoms with Crippen LogP contribution in [0.25, 0.3) is 0 Å². The molecule has 2 aliphatic rings. The van der Waals surface area contributed by atoms with Gasteiger partial charge in [-0.25, -0.2) is 0 Å². The zero-order chi connectivity index (χ0) is 17.3. The van der Waals surface area contributed by atoms with Crippen molar-refractivity contribution in [1.29, 1.82) is 0 Å². The zero-order valence-electron chi connectivity index (χ0n) is 14.2. The summed E-state index contributed by atoms with van der Waals surface area (Å²) in [6, 6.07) is 6.63. The summed E-state index contributed by atoms with van der Waals surface area (Å²) in [7, 11) is 0. The number of benzene rings is 1. The molecule has 1 atom stereocenters. The minimum absolute atomic E-state index is 0.0187. The van der Waals surface area contributed by atoms with Crippen molar-refractivity contribution in [2.24, 2.45) is 0 Å². The molecule has 0 radical (unpaired) electrons. The maximum Gasteiger partial charge on any atom is 0.256 e. The van der Waals surface area contributed by atoms with Crippen molar-refractivity contribution >= 4 is 23.4 Å². The molecule has 3 amide bonds. The van der Waals surface area contributed by atoms with Gasteiger partial charge in [-0.2, -0.15) is 0 Å². The van der Waals surface area contributed by atoms with Crippen LogP contribution in [0.4, 0.5) is 5.69 Å². The fourth-order valence-electron chi connectivity index (χ4n) is 3.58. The summed E-state index contributed by atoms with van der Waals surface area (Å²) in [6.45, 7) is 5.63. The quantitative estimate of drug-likeness (QED) is 0.841. The molecule has 24 heavy (non-hydrogen) atoms. The first-order valence-corrected chi connectivity index (χ1v) is 8.57. The molecule has 3 rings (SSSR count). The Balaban J connectivity index is 2.00. The van der Waals surface area contributed by atoms with Crippen molar-refractivity contribution in [2.75, 3.05) is 31.1 Å². The van der Waals surface area contributed by atoms with Crippen LogP contribution in [0.5, 0.6) is 0 Å². The third kappa shape index (κ3) is 2.66. The van der Waals surface area contributed by atoms with Gasteiger partial charge in [0, 0.05) is 19.6 Å². The Morgan fingerprint density at radius 3 is 2.62 bits per heavy atom. The van der Waals surface area contributed by atoms with E-state index in [0.717, 1.165) is 6.42 Å². The van der Waals surface area contributed by atoms with Gasteiger partial charge in [0.05, 0.1) is 11.3 Å². The van der Waals surface area contributed by atoms with Crippen LogP contribution >= 0.6 is 0 Å². The van der Waals surface area contributed by atoms with E-state index >= 15 is 0 Å². The monoisotopic (exact) mass is 329 g/mol. The maximum absolute atomic E-state index is 13.0. The van der Waals surface area contributed by atoms with Crippen LogP contribution in [-0.4, -0.2) is 59.7 Å². The Morgan fingerprint density at radius 1 is 1.21 bits per heavy atom. The van der Waals surface area contributed by atoms with Crippen LogP contribution in [-0.2, 0) is 9.59 Å². The average molecular weight is 329 g/mol. The number of fused-ring (bicyclic) bond motifs is 2. The predicted octanol–water partition coefficient (Wildman–Crippen LogP) is 1.51. The van der Waals surface area contributed by atoms with Crippen LogP contribution in [0.2, 0.25) is 0 Å². The van der Waals surface area contributed by atoms with Crippen molar-refractivity contribution in [3.05, 3.63) is 29.8 Å². The molecule has 0 aromatic heterocycles. The summed E-state index contributed by atoms with van der Waals surface area (Å²) in [4.78, 5) is 43.2. The van der Waals surface area contributed by atoms with Gasteiger partial charge in [0.15, 0.2) is 0 Å². The normalized spacial score (nSPS) is 19.8. The second-order valence-electron chi connectivity index (χ2n) is 6.16. The smallest absolute Gasteiger partial charge is 0.256 e. The third-order valence-corrected chi connectivity index (χ3v) is 4.90. The van der Waals surface area contributed by atoms with E-state index in [1.807, 2.05) is 13.8 Å². The molecular weight excluding hydrogens is 306 g/mol. The van der Waals surface area contributed by atoms with Crippen LogP contribution in [0.15, 0.2) is 24.3 Å². The summed E-state index contributed by atoms with van der Waals surface area (Å²) >= 11 is 0. The van der Waals surface area contributed by atoms with Gasteiger partial charge in [0.2, 0.25) is 11.8 Å². The molecule has 0 spiro atoms.